The van der Waals surface area contributed by atoms with Crippen LogP contribution in [0.3, 0.4) is 0 Å². The van der Waals surface area contributed by atoms with Crippen molar-refractivity contribution in [3.63, 3.8) is 0 Å². The summed E-state index contributed by atoms with van der Waals surface area (Å²) < 4.78 is 25.3. The molecular formula is C20H20FN3O3. The Hall–Kier alpha value is -3.35. The van der Waals surface area contributed by atoms with Crippen molar-refractivity contribution in [1.82, 2.24) is 9.78 Å². The van der Waals surface area contributed by atoms with E-state index in [-0.39, 0.29) is 17.4 Å². The number of aromatic nitrogens is 2. The number of rotatable bonds is 5. The fourth-order valence-electron chi connectivity index (χ4n) is 2.79. The molecule has 0 saturated heterocycles. The van der Waals surface area contributed by atoms with Crippen LogP contribution < -0.4 is 14.4 Å². The molecule has 0 aliphatic rings. The number of methoxy groups -OCH3 is 2. The minimum atomic E-state index is -0.314. The van der Waals surface area contributed by atoms with Crippen LogP contribution in [0, 0.1) is 5.82 Å². The first kappa shape index (κ1) is 18.4. The Kier molecular flexibility index (Phi) is 5.12. The highest BCUT2D eigenvalue weighted by Gasteiger charge is 2.20. The van der Waals surface area contributed by atoms with Gasteiger partial charge in [0.15, 0.2) is 17.2 Å². The van der Waals surface area contributed by atoms with Crippen molar-refractivity contribution >= 4 is 11.6 Å². The summed E-state index contributed by atoms with van der Waals surface area (Å²) in [6, 6.07) is 13.0. The molecule has 6 nitrogen and oxygen atoms in total. The van der Waals surface area contributed by atoms with Gasteiger partial charge in [0.1, 0.15) is 5.82 Å². The second-order valence-electron chi connectivity index (χ2n) is 5.95. The monoisotopic (exact) mass is 369 g/mol. The number of ether oxygens (including phenoxy) is 2. The van der Waals surface area contributed by atoms with Gasteiger partial charge >= 0.3 is 0 Å². The van der Waals surface area contributed by atoms with E-state index in [1.54, 1.807) is 62.3 Å². The zero-order valence-corrected chi connectivity index (χ0v) is 15.6. The first-order valence-corrected chi connectivity index (χ1v) is 8.24. The minimum absolute atomic E-state index is 0.272. The van der Waals surface area contributed by atoms with Crippen LogP contribution in [0.1, 0.15) is 10.5 Å². The van der Waals surface area contributed by atoms with E-state index in [1.165, 1.54) is 24.1 Å². The molecule has 1 heterocycles. The average Bonchev–Trinajstić information content (AvgIpc) is 3.08. The van der Waals surface area contributed by atoms with Crippen LogP contribution in [0.4, 0.5) is 10.1 Å². The smallest absolute Gasteiger partial charge is 0.278 e. The van der Waals surface area contributed by atoms with Gasteiger partial charge in [-0.2, -0.15) is 5.10 Å². The summed E-state index contributed by atoms with van der Waals surface area (Å²) in [5.74, 6) is 0.526. The molecular weight excluding hydrogens is 349 g/mol. The third-order valence-corrected chi connectivity index (χ3v) is 4.30. The SMILES string of the molecule is COc1ccc(N(C)C(=O)c2cc(-c3ccc(F)cc3)n(C)n2)cc1OC. The molecule has 1 aromatic heterocycles. The number of carbonyl (C=O) groups excluding carboxylic acids is 1. The molecule has 0 aliphatic heterocycles. The largest absolute Gasteiger partial charge is 0.493 e. The van der Waals surface area contributed by atoms with Crippen molar-refractivity contribution in [2.24, 2.45) is 7.05 Å². The predicted molar refractivity (Wildman–Crippen MR) is 101 cm³/mol. The van der Waals surface area contributed by atoms with E-state index in [0.717, 1.165) is 11.3 Å². The fraction of sp³-hybridized carbons (Fsp3) is 0.200. The maximum absolute atomic E-state index is 13.1. The number of halogens is 1. The Labute approximate surface area is 156 Å². The normalized spacial score (nSPS) is 10.6. The van der Waals surface area contributed by atoms with Gasteiger partial charge in [-0.1, -0.05) is 0 Å². The second kappa shape index (κ2) is 7.49. The first-order chi connectivity index (χ1) is 12.9. The van der Waals surface area contributed by atoms with E-state index >= 15 is 0 Å². The molecule has 1 amide bonds. The van der Waals surface area contributed by atoms with Crippen molar-refractivity contribution in [3.8, 4) is 22.8 Å². The van der Waals surface area contributed by atoms with Crippen LogP contribution in [0.25, 0.3) is 11.3 Å². The molecule has 0 atom stereocenters. The molecule has 0 saturated carbocycles. The van der Waals surface area contributed by atoms with Gasteiger partial charge in [0.05, 0.1) is 19.9 Å². The lowest BCUT2D eigenvalue weighted by molar-refractivity contribution is 0.0987. The van der Waals surface area contributed by atoms with Crippen LogP contribution in [-0.4, -0.2) is 37.0 Å². The molecule has 0 radical (unpaired) electrons. The van der Waals surface area contributed by atoms with Crippen LogP contribution in [0.2, 0.25) is 0 Å². The van der Waals surface area contributed by atoms with E-state index in [9.17, 15) is 9.18 Å². The summed E-state index contributed by atoms with van der Waals surface area (Å²) in [6.07, 6.45) is 0. The average molecular weight is 369 g/mol. The maximum atomic E-state index is 13.1. The minimum Gasteiger partial charge on any atom is -0.493 e. The summed E-state index contributed by atoms with van der Waals surface area (Å²) in [4.78, 5) is 14.4. The predicted octanol–water partition coefficient (Wildman–Crippen LogP) is 3.52. The van der Waals surface area contributed by atoms with Crippen LogP contribution in [0.5, 0.6) is 11.5 Å². The molecule has 27 heavy (non-hydrogen) atoms. The number of nitrogens with zero attached hydrogens (tertiary/aromatic N) is 3. The molecule has 0 fully saturated rings. The van der Waals surface area contributed by atoms with Gasteiger partial charge < -0.3 is 14.4 Å². The topological polar surface area (TPSA) is 56.6 Å². The standard InChI is InChI=1S/C20H20FN3O3/c1-23(15-9-10-18(26-3)19(11-15)27-4)20(25)16-12-17(24(2)22-16)13-5-7-14(21)8-6-13/h5-12H,1-4H3. The van der Waals surface area contributed by atoms with Crippen molar-refractivity contribution in [3.05, 3.63) is 60.0 Å². The van der Waals surface area contributed by atoms with Crippen molar-refractivity contribution in [2.45, 2.75) is 0 Å². The van der Waals surface area contributed by atoms with Crippen molar-refractivity contribution in [2.75, 3.05) is 26.2 Å². The molecule has 7 heteroatoms. The highest BCUT2D eigenvalue weighted by Crippen LogP contribution is 2.31. The highest BCUT2D eigenvalue weighted by molar-refractivity contribution is 6.05. The molecule has 0 bridgehead atoms. The number of carbonyl (C=O) groups is 1. The Morgan fingerprint density at radius 1 is 1.04 bits per heavy atom. The Morgan fingerprint density at radius 2 is 1.70 bits per heavy atom. The number of hydrogen-bond acceptors (Lipinski definition) is 4. The van der Waals surface area contributed by atoms with E-state index < -0.39 is 0 Å². The van der Waals surface area contributed by atoms with Gasteiger partial charge in [-0.25, -0.2) is 4.39 Å². The number of aryl methyl sites for hydroxylation is 1. The summed E-state index contributed by atoms with van der Waals surface area (Å²) in [6.45, 7) is 0. The van der Waals surface area contributed by atoms with Gasteiger partial charge in [-0.3, -0.25) is 9.48 Å². The van der Waals surface area contributed by atoms with E-state index in [1.807, 2.05) is 0 Å². The van der Waals surface area contributed by atoms with Gasteiger partial charge in [-0.15, -0.1) is 0 Å². The third kappa shape index (κ3) is 3.62. The van der Waals surface area contributed by atoms with Crippen molar-refractivity contribution in [1.29, 1.82) is 0 Å². The molecule has 3 rings (SSSR count). The second-order valence-corrected chi connectivity index (χ2v) is 5.95. The van der Waals surface area contributed by atoms with Crippen LogP contribution in [0.15, 0.2) is 48.5 Å². The lowest BCUT2D eigenvalue weighted by atomic mass is 10.1. The number of amides is 1. The lowest BCUT2D eigenvalue weighted by Crippen LogP contribution is -2.26. The Balaban J connectivity index is 1.90. The molecule has 140 valence electrons. The quantitative estimate of drug-likeness (QED) is 0.691. The van der Waals surface area contributed by atoms with Crippen LogP contribution in [-0.2, 0) is 7.05 Å². The summed E-state index contributed by atoms with van der Waals surface area (Å²) >= 11 is 0. The van der Waals surface area contributed by atoms with Gasteiger partial charge in [0, 0.05) is 25.8 Å². The summed E-state index contributed by atoms with van der Waals surface area (Å²) in [5, 5.41) is 4.31. The molecule has 0 spiro atoms. The molecule has 0 aliphatic carbocycles. The molecule has 0 unspecified atom stereocenters. The Morgan fingerprint density at radius 3 is 2.33 bits per heavy atom. The van der Waals surface area contributed by atoms with Crippen LogP contribution >= 0.6 is 0 Å². The van der Waals surface area contributed by atoms with E-state index in [4.69, 9.17) is 9.47 Å². The van der Waals surface area contributed by atoms with E-state index in [2.05, 4.69) is 5.10 Å². The van der Waals surface area contributed by atoms with Gasteiger partial charge in [0.25, 0.3) is 5.91 Å². The molecule has 2 aromatic carbocycles. The maximum Gasteiger partial charge on any atom is 0.278 e. The molecule has 3 aromatic rings. The molecule has 0 N–H and O–H groups in total. The zero-order chi connectivity index (χ0) is 19.6. The number of benzene rings is 2. The van der Waals surface area contributed by atoms with Gasteiger partial charge in [0.2, 0.25) is 0 Å². The van der Waals surface area contributed by atoms with E-state index in [0.29, 0.717) is 17.2 Å². The van der Waals surface area contributed by atoms with Crippen molar-refractivity contribution < 1.29 is 18.7 Å². The lowest BCUT2D eigenvalue weighted by Gasteiger charge is -2.18. The summed E-state index contributed by atoms with van der Waals surface area (Å²) in [7, 11) is 6.50. The van der Waals surface area contributed by atoms with Gasteiger partial charge in [-0.05, 0) is 48.0 Å². The third-order valence-electron chi connectivity index (χ3n) is 4.30. The number of anilines is 1. The fourth-order valence-corrected chi connectivity index (χ4v) is 2.79. The zero-order valence-electron chi connectivity index (χ0n) is 15.6. The first-order valence-electron chi connectivity index (χ1n) is 8.24. The Bertz CT molecular complexity index is 967. The highest BCUT2D eigenvalue weighted by atomic mass is 19.1. The summed E-state index contributed by atoms with van der Waals surface area (Å²) in [5.41, 5.74) is 2.43. The number of hydrogen-bond donors (Lipinski definition) is 0.